The minimum Gasteiger partial charge on any atom is -0.493 e. The van der Waals surface area contributed by atoms with E-state index in [0.717, 1.165) is 26.1 Å². The molecule has 5 rings (SSSR count). The highest BCUT2D eigenvalue weighted by Gasteiger charge is 2.20. The molecule has 0 saturated heterocycles. The van der Waals surface area contributed by atoms with Crippen LogP contribution in [0.2, 0.25) is 5.15 Å². The number of rotatable bonds is 13. The van der Waals surface area contributed by atoms with E-state index < -0.39 is 0 Å². The molecule has 0 spiro atoms. The molecule has 0 unspecified atom stereocenters. The molecule has 10 heteroatoms. The van der Waals surface area contributed by atoms with E-state index in [1.165, 1.54) is 18.2 Å². The van der Waals surface area contributed by atoms with Crippen LogP contribution in [0.3, 0.4) is 0 Å². The van der Waals surface area contributed by atoms with Crippen molar-refractivity contribution in [2.24, 2.45) is 0 Å². The third-order valence-corrected chi connectivity index (χ3v) is 6.18. The molecular weight excluding hydrogens is 568 g/mol. The van der Waals surface area contributed by atoms with Gasteiger partial charge in [-0.2, -0.15) is 4.98 Å². The quantitative estimate of drug-likeness (QED) is 0.124. The highest BCUT2D eigenvalue weighted by atomic mass is 35.5. The Labute approximate surface area is 256 Å². The maximum atomic E-state index is 9.06. The van der Waals surface area contributed by atoms with Crippen LogP contribution < -0.4 is 14.2 Å². The van der Waals surface area contributed by atoms with Crippen LogP contribution in [0, 0.1) is 0 Å². The summed E-state index contributed by atoms with van der Waals surface area (Å²) in [4.78, 5) is 16.6. The second-order valence-electron chi connectivity index (χ2n) is 8.95. The van der Waals surface area contributed by atoms with Crippen molar-refractivity contribution >= 4 is 11.6 Å². The molecule has 9 nitrogen and oxygen atoms in total. The highest BCUT2D eigenvalue weighted by molar-refractivity contribution is 6.31. The summed E-state index contributed by atoms with van der Waals surface area (Å²) in [6.45, 7) is 1.41. The summed E-state index contributed by atoms with van der Waals surface area (Å²) in [7, 11) is 1.53. The smallest absolute Gasteiger partial charge is 0.263 e. The lowest BCUT2D eigenvalue weighted by Crippen LogP contribution is -2.07. The first-order valence-electron chi connectivity index (χ1n) is 13.7. The summed E-state index contributed by atoms with van der Waals surface area (Å²) in [6.07, 6.45) is 5.12. The Balaban J connectivity index is 0.000000215. The van der Waals surface area contributed by atoms with Gasteiger partial charge in [0.05, 0.1) is 26.9 Å². The van der Waals surface area contributed by atoms with E-state index >= 15 is 0 Å². The Morgan fingerprint density at radius 3 is 1.84 bits per heavy atom. The lowest BCUT2D eigenvalue weighted by Gasteiger charge is -2.14. The molecule has 1 N–H and O–H groups in total. The maximum absolute atomic E-state index is 9.06. The van der Waals surface area contributed by atoms with E-state index in [1.54, 1.807) is 36.7 Å². The summed E-state index contributed by atoms with van der Waals surface area (Å²) in [5.41, 5.74) is 2.68. The predicted octanol–water partition coefficient (Wildman–Crippen LogP) is 6.25. The van der Waals surface area contributed by atoms with Crippen LogP contribution >= 0.6 is 11.6 Å². The Hall–Kier alpha value is -4.57. The van der Waals surface area contributed by atoms with Crippen molar-refractivity contribution in [1.29, 1.82) is 0 Å². The average molecular weight is 601 g/mol. The number of ether oxygens (including phenoxy) is 4. The van der Waals surface area contributed by atoms with E-state index in [-0.39, 0.29) is 41.6 Å². The van der Waals surface area contributed by atoms with E-state index in [4.69, 9.17) is 35.7 Å². The number of aliphatic hydroxyl groups excluding tert-OH is 1. The fourth-order valence-corrected chi connectivity index (χ4v) is 4.03. The lowest BCUT2D eigenvalue weighted by molar-refractivity contribution is 0.140. The minimum absolute atomic E-state index is 0.00468. The Bertz CT molecular complexity index is 1470. The van der Waals surface area contributed by atoms with E-state index in [0.29, 0.717) is 11.5 Å². The number of para-hydroxylation sites is 2. The Morgan fingerprint density at radius 1 is 0.674 bits per heavy atom. The van der Waals surface area contributed by atoms with Crippen molar-refractivity contribution in [2.45, 2.75) is 12.8 Å². The van der Waals surface area contributed by atoms with Gasteiger partial charge in [-0.25, -0.2) is 15.0 Å². The molecule has 2 aromatic heterocycles. The van der Waals surface area contributed by atoms with E-state index in [1.807, 2.05) is 18.2 Å². The van der Waals surface area contributed by atoms with Crippen LogP contribution in [-0.2, 0) is 17.6 Å². The van der Waals surface area contributed by atoms with Gasteiger partial charge in [-0.1, -0.05) is 84.4 Å². The molecule has 2 heterocycles. The number of aromatic nitrogens is 4. The Morgan fingerprint density at radius 2 is 1.26 bits per heavy atom. The second kappa shape index (κ2) is 17.4. The van der Waals surface area contributed by atoms with Crippen molar-refractivity contribution < 1.29 is 24.1 Å². The monoisotopic (exact) mass is 600 g/mol. The van der Waals surface area contributed by atoms with Crippen molar-refractivity contribution in [2.75, 3.05) is 33.5 Å². The fraction of sp³-hybridized carbons (Fsp3) is 0.212. The van der Waals surface area contributed by atoms with Crippen LogP contribution in [-0.4, -0.2) is 58.6 Å². The zero-order chi connectivity index (χ0) is 30.1. The predicted molar refractivity (Wildman–Crippen MR) is 165 cm³/mol. The third kappa shape index (κ3) is 10.0. The molecule has 43 heavy (non-hydrogen) atoms. The van der Waals surface area contributed by atoms with E-state index in [2.05, 4.69) is 68.5 Å². The number of halogens is 1. The number of benzene rings is 3. The number of aliphatic hydroxyl groups is 1. The Kier molecular flexibility index (Phi) is 12.7. The van der Waals surface area contributed by atoms with Gasteiger partial charge in [-0.15, -0.1) is 0 Å². The van der Waals surface area contributed by atoms with Crippen molar-refractivity contribution in [3.8, 4) is 34.8 Å². The molecule has 0 amide bonds. The summed E-state index contributed by atoms with van der Waals surface area (Å²) in [5, 5.41) is 9.07. The van der Waals surface area contributed by atoms with Gasteiger partial charge >= 0.3 is 0 Å². The topological polar surface area (TPSA) is 109 Å². The lowest BCUT2D eigenvalue weighted by atomic mass is 10.1. The first kappa shape index (κ1) is 31.4. The summed E-state index contributed by atoms with van der Waals surface area (Å²) >= 11 is 6.29. The van der Waals surface area contributed by atoms with Gasteiger partial charge in [-0.05, 0) is 42.2 Å². The molecule has 222 valence electrons. The molecule has 0 atom stereocenters. The molecule has 3 aromatic carbocycles. The first-order chi connectivity index (χ1) is 21.2. The van der Waals surface area contributed by atoms with Crippen molar-refractivity contribution in [3.63, 3.8) is 0 Å². The van der Waals surface area contributed by atoms with Gasteiger partial charge in [0.1, 0.15) is 6.61 Å². The van der Waals surface area contributed by atoms with Crippen LogP contribution in [0.25, 0.3) is 11.6 Å². The summed E-state index contributed by atoms with van der Waals surface area (Å²) in [5.74, 6) is 1.55. The molecule has 0 fully saturated rings. The average Bonchev–Trinajstić information content (AvgIpc) is 3.06. The number of methoxy groups -OCH3 is 1. The zero-order valence-corrected chi connectivity index (χ0v) is 24.6. The SMILES string of the molecule is COc1ccccc1Oc1c(Cl)nc(-c2ncccn2)nc1OCCO.c1ccc(CCOCCc2ccccc2)cc1. The van der Waals surface area contributed by atoms with Gasteiger partial charge in [0.25, 0.3) is 5.88 Å². The maximum Gasteiger partial charge on any atom is 0.263 e. The highest BCUT2D eigenvalue weighted by Crippen LogP contribution is 2.40. The fourth-order valence-electron chi connectivity index (χ4n) is 3.83. The normalized spacial score (nSPS) is 10.4. The standard InChI is InChI=1S/C17H15ClN4O4.C16H18O/c1-24-11-5-2-3-6-12(11)26-13-14(18)21-16(15-19-7-4-8-20-15)22-17(13)25-10-9-23;1-3-7-15(8-4-1)11-13-17-14-12-16-9-5-2-6-10-16/h2-8,23H,9-10H2,1H3;1-10H,11-14H2. The molecule has 0 aliphatic carbocycles. The van der Waals surface area contributed by atoms with Crippen LogP contribution in [0.15, 0.2) is 103 Å². The number of hydrogen-bond acceptors (Lipinski definition) is 9. The minimum atomic E-state index is -0.201. The van der Waals surface area contributed by atoms with Gasteiger partial charge in [0.2, 0.25) is 11.6 Å². The largest absolute Gasteiger partial charge is 0.493 e. The second-order valence-corrected chi connectivity index (χ2v) is 9.31. The summed E-state index contributed by atoms with van der Waals surface area (Å²) < 4.78 is 22.2. The molecule has 0 radical (unpaired) electrons. The van der Waals surface area contributed by atoms with Gasteiger partial charge < -0.3 is 24.1 Å². The molecule has 5 aromatic rings. The summed E-state index contributed by atoms with van der Waals surface area (Å²) in [6, 6.07) is 29.6. The first-order valence-corrected chi connectivity index (χ1v) is 14.1. The van der Waals surface area contributed by atoms with Gasteiger partial charge in [-0.3, -0.25) is 0 Å². The van der Waals surface area contributed by atoms with E-state index in [9.17, 15) is 0 Å². The number of hydrogen-bond donors (Lipinski definition) is 1. The number of nitrogens with zero attached hydrogens (tertiary/aromatic N) is 4. The third-order valence-electron chi connectivity index (χ3n) is 5.93. The molecule has 0 aliphatic heterocycles. The van der Waals surface area contributed by atoms with Crippen LogP contribution in [0.4, 0.5) is 0 Å². The molecular formula is C33H33ClN4O5. The molecule has 0 aliphatic rings. The van der Waals surface area contributed by atoms with Gasteiger partial charge in [0, 0.05) is 12.4 Å². The van der Waals surface area contributed by atoms with Crippen molar-refractivity contribution in [3.05, 3.63) is 120 Å². The van der Waals surface area contributed by atoms with Crippen LogP contribution in [0.5, 0.6) is 23.1 Å². The van der Waals surface area contributed by atoms with Gasteiger partial charge in [0.15, 0.2) is 22.5 Å². The molecule has 0 saturated carbocycles. The van der Waals surface area contributed by atoms with Crippen molar-refractivity contribution in [1.82, 2.24) is 19.9 Å². The zero-order valence-electron chi connectivity index (χ0n) is 23.8. The molecule has 0 bridgehead atoms. The van der Waals surface area contributed by atoms with Crippen LogP contribution in [0.1, 0.15) is 11.1 Å².